The van der Waals surface area contributed by atoms with Crippen molar-refractivity contribution in [3.8, 4) is 0 Å². The first-order chi connectivity index (χ1) is 7.22. The van der Waals surface area contributed by atoms with E-state index < -0.39 is 6.03 Å². The minimum atomic E-state index is -0.487. The molecule has 0 aliphatic heterocycles. The van der Waals surface area contributed by atoms with Gasteiger partial charge in [-0.15, -0.1) is 11.8 Å². The van der Waals surface area contributed by atoms with Crippen LogP contribution in [-0.2, 0) is 10.5 Å². The van der Waals surface area contributed by atoms with E-state index in [1.54, 1.807) is 12.3 Å². The van der Waals surface area contributed by atoms with E-state index >= 15 is 0 Å². The quantitative estimate of drug-likeness (QED) is 0.805. The number of hydrogen-bond donors (Lipinski definition) is 2. The van der Waals surface area contributed by atoms with Gasteiger partial charge in [-0.1, -0.05) is 0 Å². The van der Waals surface area contributed by atoms with E-state index in [0.717, 1.165) is 5.76 Å². The van der Waals surface area contributed by atoms with Gasteiger partial charge in [-0.2, -0.15) is 0 Å². The van der Waals surface area contributed by atoms with Crippen molar-refractivity contribution in [1.82, 2.24) is 10.6 Å². The van der Waals surface area contributed by atoms with Gasteiger partial charge in [0.25, 0.3) is 0 Å². The number of hydrogen-bond acceptors (Lipinski definition) is 4. The van der Waals surface area contributed by atoms with Crippen LogP contribution in [0.5, 0.6) is 0 Å². The molecule has 2 N–H and O–H groups in total. The third-order valence-corrected chi connectivity index (χ3v) is 2.49. The number of rotatable bonds is 4. The third-order valence-electron chi connectivity index (χ3n) is 1.54. The molecular weight excluding hydrogens is 216 g/mol. The van der Waals surface area contributed by atoms with Gasteiger partial charge in [0.1, 0.15) is 5.76 Å². The van der Waals surface area contributed by atoms with Crippen LogP contribution in [0.2, 0.25) is 0 Å². The maximum absolute atomic E-state index is 11.1. The molecule has 15 heavy (non-hydrogen) atoms. The lowest BCUT2D eigenvalue weighted by molar-refractivity contribution is -0.117. The SMILES string of the molecule is CNC(=O)NC(=O)CSCc1ccco1. The topological polar surface area (TPSA) is 71.3 Å². The molecule has 0 saturated carbocycles. The minimum absolute atomic E-state index is 0.230. The summed E-state index contributed by atoms with van der Waals surface area (Å²) in [5, 5.41) is 4.47. The average molecular weight is 228 g/mol. The maximum Gasteiger partial charge on any atom is 0.321 e. The second-order valence-electron chi connectivity index (χ2n) is 2.70. The molecule has 6 heteroatoms. The van der Waals surface area contributed by atoms with Gasteiger partial charge in [-0.05, 0) is 12.1 Å². The molecule has 0 saturated heterocycles. The molecular formula is C9H12N2O3S. The first-order valence-electron chi connectivity index (χ1n) is 4.34. The zero-order valence-electron chi connectivity index (χ0n) is 8.28. The van der Waals surface area contributed by atoms with Crippen molar-refractivity contribution in [2.45, 2.75) is 5.75 Å². The summed E-state index contributed by atoms with van der Waals surface area (Å²) in [4.78, 5) is 21.9. The van der Waals surface area contributed by atoms with Crippen LogP contribution in [0.25, 0.3) is 0 Å². The highest BCUT2D eigenvalue weighted by atomic mass is 32.2. The Morgan fingerprint density at radius 1 is 1.53 bits per heavy atom. The smallest absolute Gasteiger partial charge is 0.321 e. The van der Waals surface area contributed by atoms with Gasteiger partial charge in [0, 0.05) is 7.05 Å². The number of carbonyl (C=O) groups is 2. The Hall–Kier alpha value is -1.43. The number of nitrogens with one attached hydrogen (secondary N) is 2. The fourth-order valence-corrected chi connectivity index (χ4v) is 1.59. The summed E-state index contributed by atoms with van der Waals surface area (Å²) in [6.45, 7) is 0. The van der Waals surface area contributed by atoms with E-state index in [1.807, 2.05) is 6.07 Å². The van der Waals surface area contributed by atoms with Crippen LogP contribution >= 0.6 is 11.8 Å². The highest BCUT2D eigenvalue weighted by Gasteiger charge is 2.06. The van der Waals surface area contributed by atoms with Crippen LogP contribution in [-0.4, -0.2) is 24.7 Å². The molecule has 1 rings (SSSR count). The summed E-state index contributed by atoms with van der Waals surface area (Å²) in [7, 11) is 1.46. The molecule has 1 aromatic heterocycles. The van der Waals surface area contributed by atoms with Gasteiger partial charge in [0.15, 0.2) is 0 Å². The third kappa shape index (κ3) is 4.55. The Morgan fingerprint density at radius 3 is 2.93 bits per heavy atom. The monoisotopic (exact) mass is 228 g/mol. The molecule has 1 aromatic rings. The highest BCUT2D eigenvalue weighted by Crippen LogP contribution is 2.11. The summed E-state index contributed by atoms with van der Waals surface area (Å²) >= 11 is 1.39. The van der Waals surface area contributed by atoms with Crippen LogP contribution in [0.15, 0.2) is 22.8 Å². The van der Waals surface area contributed by atoms with E-state index in [2.05, 4.69) is 10.6 Å². The normalized spacial score (nSPS) is 9.67. The molecule has 0 fully saturated rings. The van der Waals surface area contributed by atoms with Crippen LogP contribution in [0.3, 0.4) is 0 Å². The van der Waals surface area contributed by atoms with E-state index in [-0.39, 0.29) is 11.7 Å². The lowest BCUT2D eigenvalue weighted by Crippen LogP contribution is -2.38. The fraction of sp³-hybridized carbons (Fsp3) is 0.333. The molecule has 0 aliphatic carbocycles. The molecule has 0 unspecified atom stereocenters. The zero-order valence-corrected chi connectivity index (χ0v) is 9.10. The first kappa shape index (κ1) is 11.6. The second-order valence-corrected chi connectivity index (χ2v) is 3.69. The first-order valence-corrected chi connectivity index (χ1v) is 5.49. The van der Waals surface area contributed by atoms with Gasteiger partial charge < -0.3 is 9.73 Å². The van der Waals surface area contributed by atoms with Crippen molar-refractivity contribution in [3.05, 3.63) is 24.2 Å². The maximum atomic E-state index is 11.1. The molecule has 82 valence electrons. The van der Waals surface area contributed by atoms with Crippen molar-refractivity contribution in [2.24, 2.45) is 0 Å². The molecule has 0 aromatic carbocycles. The van der Waals surface area contributed by atoms with Crippen molar-refractivity contribution >= 4 is 23.7 Å². The summed E-state index contributed by atoms with van der Waals surface area (Å²) in [5.74, 6) is 1.35. The van der Waals surface area contributed by atoms with Crippen molar-refractivity contribution in [3.63, 3.8) is 0 Å². The number of thioether (sulfide) groups is 1. The predicted molar refractivity (Wildman–Crippen MR) is 57.5 cm³/mol. The number of carbonyl (C=O) groups excluding carboxylic acids is 2. The average Bonchev–Trinajstić information content (AvgIpc) is 2.70. The van der Waals surface area contributed by atoms with E-state index in [9.17, 15) is 9.59 Å². The number of urea groups is 1. The van der Waals surface area contributed by atoms with Crippen molar-refractivity contribution < 1.29 is 14.0 Å². The van der Waals surface area contributed by atoms with Gasteiger partial charge in [-0.25, -0.2) is 4.79 Å². The largest absolute Gasteiger partial charge is 0.468 e. The number of amides is 3. The van der Waals surface area contributed by atoms with E-state index in [0.29, 0.717) is 5.75 Å². The van der Waals surface area contributed by atoms with E-state index in [1.165, 1.54) is 18.8 Å². The summed E-state index contributed by atoms with van der Waals surface area (Å²) in [5.41, 5.74) is 0. The fourth-order valence-electron chi connectivity index (χ4n) is 0.864. The molecule has 0 radical (unpaired) electrons. The minimum Gasteiger partial charge on any atom is -0.468 e. The molecule has 0 bridgehead atoms. The van der Waals surface area contributed by atoms with E-state index in [4.69, 9.17) is 4.42 Å². The molecule has 0 atom stereocenters. The van der Waals surface area contributed by atoms with Crippen LogP contribution in [0, 0.1) is 0 Å². The molecule has 0 aliphatic rings. The van der Waals surface area contributed by atoms with Gasteiger partial charge in [0.2, 0.25) is 5.91 Å². The molecule has 5 nitrogen and oxygen atoms in total. The Bertz CT molecular complexity index is 324. The van der Waals surface area contributed by atoms with Gasteiger partial charge >= 0.3 is 6.03 Å². The molecule has 0 spiro atoms. The summed E-state index contributed by atoms with van der Waals surface area (Å²) in [6, 6.07) is 3.14. The Kier molecular flexibility index (Phi) is 4.76. The zero-order chi connectivity index (χ0) is 11.1. The molecule has 1 heterocycles. The molecule has 3 amide bonds. The van der Waals surface area contributed by atoms with Crippen LogP contribution in [0.1, 0.15) is 5.76 Å². The summed E-state index contributed by atoms with van der Waals surface area (Å²) in [6.07, 6.45) is 1.58. The predicted octanol–water partition coefficient (Wildman–Crippen LogP) is 0.968. The Labute approximate surface area is 91.6 Å². The Morgan fingerprint density at radius 2 is 2.33 bits per heavy atom. The van der Waals surface area contributed by atoms with Crippen molar-refractivity contribution in [2.75, 3.05) is 12.8 Å². The van der Waals surface area contributed by atoms with Gasteiger partial charge in [0.05, 0.1) is 17.8 Å². The lowest BCUT2D eigenvalue weighted by atomic mass is 10.5. The highest BCUT2D eigenvalue weighted by molar-refractivity contribution is 7.99. The summed E-state index contributed by atoms with van der Waals surface area (Å²) < 4.78 is 5.09. The van der Waals surface area contributed by atoms with Crippen LogP contribution in [0.4, 0.5) is 4.79 Å². The standard InChI is InChI=1S/C9H12N2O3S/c1-10-9(13)11-8(12)6-15-5-7-3-2-4-14-7/h2-4H,5-6H2,1H3,(H2,10,11,12,13). The van der Waals surface area contributed by atoms with Crippen LogP contribution < -0.4 is 10.6 Å². The van der Waals surface area contributed by atoms with Gasteiger partial charge in [-0.3, -0.25) is 10.1 Å². The lowest BCUT2D eigenvalue weighted by Gasteiger charge is -2.01. The number of imide groups is 1. The Balaban J connectivity index is 2.15. The number of furan rings is 1. The second kappa shape index (κ2) is 6.13. The van der Waals surface area contributed by atoms with Crippen molar-refractivity contribution in [1.29, 1.82) is 0 Å².